The molecule has 2 aliphatic heterocycles. The Balaban J connectivity index is 1.81. The van der Waals surface area contributed by atoms with Gasteiger partial charge in [-0.3, -0.25) is 0 Å². The zero-order chi connectivity index (χ0) is 14.3. The number of nitrogens with zero attached hydrogens (tertiary/aromatic N) is 3. The summed E-state index contributed by atoms with van der Waals surface area (Å²) in [5.74, 6) is 2.43. The summed E-state index contributed by atoms with van der Waals surface area (Å²) in [5, 5.41) is 3.71. The maximum absolute atomic E-state index is 4.77. The van der Waals surface area contributed by atoms with Gasteiger partial charge in [0.05, 0.1) is 0 Å². The summed E-state index contributed by atoms with van der Waals surface area (Å²) in [6.45, 7) is 6.38. The number of fused-ring (bicyclic) bond motifs is 2. The van der Waals surface area contributed by atoms with Crippen LogP contribution < -0.4 is 10.2 Å². The second kappa shape index (κ2) is 5.32. The van der Waals surface area contributed by atoms with Gasteiger partial charge in [0.1, 0.15) is 11.6 Å². The predicted octanol–water partition coefficient (Wildman–Crippen LogP) is 2.63. The minimum atomic E-state index is 0.381. The fourth-order valence-electron chi connectivity index (χ4n) is 3.54. The van der Waals surface area contributed by atoms with Crippen LogP contribution in [0.5, 0.6) is 0 Å². The highest BCUT2D eigenvalue weighted by atomic mass is 15.2. The second-order valence-electron chi connectivity index (χ2n) is 6.75. The van der Waals surface area contributed by atoms with Crippen molar-refractivity contribution in [3.63, 3.8) is 0 Å². The van der Waals surface area contributed by atoms with E-state index in [4.69, 9.17) is 4.98 Å². The van der Waals surface area contributed by atoms with Crippen molar-refractivity contribution in [2.24, 2.45) is 0 Å². The molecule has 3 heterocycles. The van der Waals surface area contributed by atoms with Gasteiger partial charge in [-0.05, 0) is 32.6 Å². The van der Waals surface area contributed by atoms with E-state index in [1.165, 1.54) is 25.7 Å². The van der Waals surface area contributed by atoms with Crippen LogP contribution >= 0.6 is 0 Å². The Kier molecular flexibility index (Phi) is 3.67. The lowest BCUT2D eigenvalue weighted by Gasteiger charge is -2.36. The zero-order valence-corrected chi connectivity index (χ0v) is 13.1. The Morgan fingerprint density at radius 2 is 1.85 bits per heavy atom. The molecule has 0 aliphatic carbocycles. The van der Waals surface area contributed by atoms with Gasteiger partial charge in [0.2, 0.25) is 0 Å². The molecule has 2 bridgehead atoms. The molecule has 2 unspecified atom stereocenters. The van der Waals surface area contributed by atoms with Crippen LogP contribution in [0.3, 0.4) is 0 Å². The Morgan fingerprint density at radius 1 is 1.20 bits per heavy atom. The lowest BCUT2D eigenvalue weighted by atomic mass is 9.98. The molecule has 2 aliphatic rings. The fraction of sp³-hybridized carbons (Fsp3) is 0.750. The third-order valence-corrected chi connectivity index (χ3v) is 4.73. The monoisotopic (exact) mass is 274 g/mol. The van der Waals surface area contributed by atoms with E-state index in [2.05, 4.69) is 49.1 Å². The van der Waals surface area contributed by atoms with Crippen LogP contribution in [-0.4, -0.2) is 35.1 Å². The van der Waals surface area contributed by atoms with Crippen LogP contribution in [0.2, 0.25) is 0 Å². The van der Waals surface area contributed by atoms with Crippen LogP contribution in [0.4, 0.5) is 5.82 Å². The standard InChI is InChI=1S/C16H26N4/c1-10(2)16-17-11(3)7-15(19-16)20(4)14-8-12-5-6-13(9-14)18-12/h7,10,12-14,18H,5-6,8-9H2,1-4H3. The van der Waals surface area contributed by atoms with E-state index in [0.29, 0.717) is 24.0 Å². The molecule has 2 saturated heterocycles. The third kappa shape index (κ3) is 2.66. The van der Waals surface area contributed by atoms with Gasteiger partial charge in [-0.25, -0.2) is 9.97 Å². The number of hydrogen-bond acceptors (Lipinski definition) is 4. The molecular formula is C16H26N4. The summed E-state index contributed by atoms with van der Waals surface area (Å²) >= 11 is 0. The van der Waals surface area contributed by atoms with Crippen molar-refractivity contribution in [3.8, 4) is 0 Å². The third-order valence-electron chi connectivity index (χ3n) is 4.73. The quantitative estimate of drug-likeness (QED) is 0.920. The van der Waals surface area contributed by atoms with Crippen LogP contribution in [0, 0.1) is 6.92 Å². The Bertz CT molecular complexity index is 473. The Morgan fingerprint density at radius 3 is 2.45 bits per heavy atom. The van der Waals surface area contributed by atoms with Gasteiger partial charge in [-0.15, -0.1) is 0 Å². The summed E-state index contributed by atoms with van der Waals surface area (Å²) in [6, 6.07) is 4.17. The Hall–Kier alpha value is -1.16. The van der Waals surface area contributed by atoms with Gasteiger partial charge in [0, 0.05) is 42.9 Å². The summed E-state index contributed by atoms with van der Waals surface area (Å²) in [4.78, 5) is 11.7. The molecule has 1 aromatic rings. The molecule has 3 rings (SSSR count). The average Bonchev–Trinajstić information content (AvgIpc) is 2.75. The van der Waals surface area contributed by atoms with E-state index < -0.39 is 0 Å². The van der Waals surface area contributed by atoms with Crippen molar-refractivity contribution < 1.29 is 0 Å². The first-order valence-electron chi connectivity index (χ1n) is 7.87. The highest BCUT2D eigenvalue weighted by Gasteiger charge is 2.35. The fourth-order valence-corrected chi connectivity index (χ4v) is 3.54. The molecule has 0 radical (unpaired) electrons. The molecule has 0 spiro atoms. The molecule has 110 valence electrons. The SMILES string of the molecule is Cc1cc(N(C)C2CC3CCC(C2)N3)nc(C(C)C)n1. The molecule has 0 amide bonds. The number of piperidine rings is 1. The van der Waals surface area contributed by atoms with Crippen molar-refractivity contribution in [1.82, 2.24) is 15.3 Å². The predicted molar refractivity (Wildman–Crippen MR) is 82.2 cm³/mol. The van der Waals surface area contributed by atoms with Gasteiger partial charge in [-0.1, -0.05) is 13.8 Å². The number of rotatable bonds is 3. The maximum atomic E-state index is 4.77. The number of anilines is 1. The highest BCUT2D eigenvalue weighted by Crippen LogP contribution is 2.31. The molecule has 0 saturated carbocycles. The maximum Gasteiger partial charge on any atom is 0.133 e. The van der Waals surface area contributed by atoms with Gasteiger partial charge >= 0.3 is 0 Å². The smallest absolute Gasteiger partial charge is 0.133 e. The second-order valence-corrected chi connectivity index (χ2v) is 6.75. The normalized spacial score (nSPS) is 28.9. The molecule has 2 fully saturated rings. The highest BCUT2D eigenvalue weighted by molar-refractivity contribution is 5.40. The van der Waals surface area contributed by atoms with E-state index in [0.717, 1.165) is 17.3 Å². The van der Waals surface area contributed by atoms with Crippen molar-refractivity contribution in [2.75, 3.05) is 11.9 Å². The van der Waals surface area contributed by atoms with Gasteiger partial charge < -0.3 is 10.2 Å². The van der Waals surface area contributed by atoms with E-state index in [1.54, 1.807) is 0 Å². The van der Waals surface area contributed by atoms with Crippen molar-refractivity contribution in [3.05, 3.63) is 17.6 Å². The zero-order valence-electron chi connectivity index (χ0n) is 13.1. The van der Waals surface area contributed by atoms with E-state index in [1.807, 2.05) is 0 Å². The summed E-state index contributed by atoms with van der Waals surface area (Å²) < 4.78 is 0. The van der Waals surface area contributed by atoms with E-state index in [-0.39, 0.29) is 0 Å². The molecule has 2 atom stereocenters. The number of aryl methyl sites for hydroxylation is 1. The van der Waals surface area contributed by atoms with Crippen molar-refractivity contribution in [2.45, 2.75) is 70.5 Å². The first-order chi connectivity index (χ1) is 9.52. The molecule has 4 heteroatoms. The topological polar surface area (TPSA) is 41.0 Å². The minimum Gasteiger partial charge on any atom is -0.356 e. The van der Waals surface area contributed by atoms with Gasteiger partial charge in [0.25, 0.3) is 0 Å². The van der Waals surface area contributed by atoms with Crippen LogP contribution in [0.1, 0.15) is 57.0 Å². The number of aromatic nitrogens is 2. The first-order valence-corrected chi connectivity index (χ1v) is 7.87. The largest absolute Gasteiger partial charge is 0.356 e. The van der Waals surface area contributed by atoms with Crippen molar-refractivity contribution >= 4 is 5.82 Å². The van der Waals surface area contributed by atoms with Crippen LogP contribution in [0.15, 0.2) is 6.07 Å². The van der Waals surface area contributed by atoms with E-state index in [9.17, 15) is 0 Å². The first kappa shape index (κ1) is 13.8. The number of nitrogens with one attached hydrogen (secondary N) is 1. The minimum absolute atomic E-state index is 0.381. The Labute approximate surface area is 122 Å². The molecule has 20 heavy (non-hydrogen) atoms. The molecule has 1 aromatic heterocycles. The summed E-state index contributed by atoms with van der Waals surface area (Å²) in [6.07, 6.45) is 5.17. The molecule has 0 aromatic carbocycles. The van der Waals surface area contributed by atoms with Crippen LogP contribution in [0.25, 0.3) is 0 Å². The summed E-state index contributed by atoms with van der Waals surface area (Å²) in [5.41, 5.74) is 1.07. The molecule has 4 nitrogen and oxygen atoms in total. The lowest BCUT2D eigenvalue weighted by molar-refractivity contribution is 0.353. The average molecular weight is 274 g/mol. The number of hydrogen-bond donors (Lipinski definition) is 1. The van der Waals surface area contributed by atoms with Gasteiger partial charge in [-0.2, -0.15) is 0 Å². The molecule has 1 N–H and O–H groups in total. The van der Waals surface area contributed by atoms with E-state index >= 15 is 0 Å². The van der Waals surface area contributed by atoms with Gasteiger partial charge in [0.15, 0.2) is 0 Å². The lowest BCUT2D eigenvalue weighted by Crippen LogP contribution is -2.47. The molecular weight excluding hydrogens is 248 g/mol. The van der Waals surface area contributed by atoms with Crippen LogP contribution in [-0.2, 0) is 0 Å². The summed E-state index contributed by atoms with van der Waals surface area (Å²) in [7, 11) is 2.20. The van der Waals surface area contributed by atoms with Crippen molar-refractivity contribution in [1.29, 1.82) is 0 Å².